The maximum absolute atomic E-state index is 14.2. The number of ether oxygens (including phenoxy) is 1. The minimum atomic E-state index is -4.91. The monoisotopic (exact) mass is 525 g/mol. The molecule has 2 amide bonds. The van der Waals surface area contributed by atoms with Gasteiger partial charge in [-0.15, -0.1) is 13.2 Å². The second-order valence-electron chi connectivity index (χ2n) is 10.4. The third kappa shape index (κ3) is 6.07. The highest BCUT2D eigenvalue weighted by molar-refractivity contribution is 5.91. The van der Waals surface area contributed by atoms with E-state index < -0.39 is 17.9 Å². The van der Waals surface area contributed by atoms with Crippen LogP contribution in [0, 0.1) is 23.6 Å². The van der Waals surface area contributed by atoms with Crippen molar-refractivity contribution in [1.82, 2.24) is 26.2 Å². The number of rotatable bonds is 4. The molecule has 3 unspecified atom stereocenters. The van der Waals surface area contributed by atoms with Crippen molar-refractivity contribution in [3.63, 3.8) is 0 Å². The number of hydrogen-bond acceptors (Lipinski definition) is 6. The zero-order chi connectivity index (χ0) is 26.2. The Bertz CT molecular complexity index is 1040. The first-order valence-electron chi connectivity index (χ1n) is 12.7. The Labute approximate surface area is 212 Å². The Morgan fingerprint density at radius 1 is 0.973 bits per heavy atom. The van der Waals surface area contributed by atoms with Crippen LogP contribution >= 0.6 is 0 Å². The van der Waals surface area contributed by atoms with Crippen LogP contribution in [-0.4, -0.2) is 66.2 Å². The fourth-order valence-corrected chi connectivity index (χ4v) is 6.07. The second kappa shape index (κ2) is 10.6. The zero-order valence-electron chi connectivity index (χ0n) is 20.3. The number of hydrazine groups is 2. The van der Waals surface area contributed by atoms with Crippen LogP contribution in [0.3, 0.4) is 0 Å². The van der Waals surface area contributed by atoms with Crippen molar-refractivity contribution in [2.45, 2.75) is 50.6 Å². The number of nitrogens with zero attached hydrogens (tertiary/aromatic N) is 2. The Balaban J connectivity index is 1.12. The van der Waals surface area contributed by atoms with Crippen LogP contribution in [-0.2, 0) is 9.59 Å². The lowest BCUT2D eigenvalue weighted by Gasteiger charge is -2.32. The summed E-state index contributed by atoms with van der Waals surface area (Å²) in [5, 5.41) is 0. The normalized spacial score (nSPS) is 30.2. The van der Waals surface area contributed by atoms with E-state index in [9.17, 15) is 27.2 Å². The lowest BCUT2D eigenvalue weighted by Crippen LogP contribution is -2.45. The highest BCUT2D eigenvalue weighted by atomic mass is 19.4. The van der Waals surface area contributed by atoms with Crippen molar-refractivity contribution < 1.29 is 31.9 Å². The Kier molecular flexibility index (Phi) is 7.42. The van der Waals surface area contributed by atoms with Gasteiger partial charge in [-0.25, -0.2) is 15.2 Å². The topological polar surface area (TPSA) is 85.9 Å². The van der Waals surface area contributed by atoms with Gasteiger partial charge < -0.3 is 14.5 Å². The number of alkyl halides is 3. The van der Waals surface area contributed by atoms with Crippen molar-refractivity contribution in [2.75, 3.05) is 26.2 Å². The lowest BCUT2D eigenvalue weighted by molar-refractivity contribution is -0.274. The predicted molar refractivity (Wildman–Crippen MR) is 126 cm³/mol. The zero-order valence-corrected chi connectivity index (χ0v) is 20.3. The molecule has 12 heteroatoms. The molecule has 3 saturated heterocycles. The van der Waals surface area contributed by atoms with Crippen molar-refractivity contribution in [3.05, 3.63) is 35.7 Å². The third-order valence-corrected chi connectivity index (χ3v) is 8.07. The number of nitrogens with one attached hydrogen (secondary N) is 3. The minimum Gasteiger partial charge on any atom is -0.406 e. The molecule has 0 aromatic heterocycles. The van der Waals surface area contributed by atoms with Crippen LogP contribution < -0.4 is 21.1 Å². The van der Waals surface area contributed by atoms with Crippen LogP contribution in [0.1, 0.15) is 37.7 Å². The molecule has 5 rings (SSSR count). The maximum atomic E-state index is 14.2. The van der Waals surface area contributed by atoms with Crippen molar-refractivity contribution in [3.8, 4) is 5.75 Å². The molecular weight excluding hydrogens is 494 g/mol. The van der Waals surface area contributed by atoms with Gasteiger partial charge >= 0.3 is 6.36 Å². The van der Waals surface area contributed by atoms with Gasteiger partial charge in [0.2, 0.25) is 11.8 Å². The van der Waals surface area contributed by atoms with E-state index in [0.717, 1.165) is 44.2 Å². The summed E-state index contributed by atoms with van der Waals surface area (Å²) in [6.45, 7) is 2.52. The molecule has 1 aromatic carbocycles. The smallest absolute Gasteiger partial charge is 0.406 e. The molecule has 4 aliphatic rings. The van der Waals surface area contributed by atoms with E-state index in [1.165, 1.54) is 12.2 Å². The summed E-state index contributed by atoms with van der Waals surface area (Å²) >= 11 is 0. The quantitative estimate of drug-likeness (QED) is 0.414. The van der Waals surface area contributed by atoms with Gasteiger partial charge in [0, 0.05) is 61.9 Å². The Hall–Kier alpha value is -2.70. The molecule has 5 atom stereocenters. The van der Waals surface area contributed by atoms with Crippen molar-refractivity contribution in [1.29, 1.82) is 0 Å². The van der Waals surface area contributed by atoms with E-state index in [2.05, 4.69) is 21.1 Å². The standard InChI is InChI=1S/C25H31F4N5O3/c26-20-12-19(37-25(27,28)29)4-1-15(20)3-6-23(35)33-9-7-17-13-34(14-18(17)8-10-33)24(36)16-2-5-21-22(11-16)31-32-30-21/h1,3-4,6,12,16-18,21-22,30-32H,2,5,7-11,13-14H2/b6-3+/t16?,17-,18+,21?,22?. The van der Waals surface area contributed by atoms with Crippen LogP contribution in [0.5, 0.6) is 5.75 Å². The summed E-state index contributed by atoms with van der Waals surface area (Å²) < 4.78 is 54.8. The summed E-state index contributed by atoms with van der Waals surface area (Å²) in [5.74, 6) is -0.879. The van der Waals surface area contributed by atoms with E-state index in [-0.39, 0.29) is 29.3 Å². The van der Waals surface area contributed by atoms with Crippen LogP contribution in [0.4, 0.5) is 17.6 Å². The molecule has 0 spiro atoms. The first-order valence-corrected chi connectivity index (χ1v) is 12.7. The van der Waals surface area contributed by atoms with Gasteiger partial charge in [0.15, 0.2) is 0 Å². The highest BCUT2D eigenvalue weighted by Crippen LogP contribution is 2.35. The van der Waals surface area contributed by atoms with E-state index in [4.69, 9.17) is 0 Å². The van der Waals surface area contributed by atoms with Gasteiger partial charge in [-0.05, 0) is 62.1 Å². The molecule has 37 heavy (non-hydrogen) atoms. The number of carbonyl (C=O) groups excluding carboxylic acids is 2. The summed E-state index contributed by atoms with van der Waals surface area (Å²) in [5.41, 5.74) is 9.35. The lowest BCUT2D eigenvalue weighted by atomic mass is 9.82. The molecule has 1 aliphatic carbocycles. The van der Waals surface area contributed by atoms with Gasteiger partial charge in [-0.1, -0.05) is 0 Å². The summed E-state index contributed by atoms with van der Waals surface area (Å²) in [7, 11) is 0. The molecule has 202 valence electrons. The molecule has 0 radical (unpaired) electrons. The summed E-state index contributed by atoms with van der Waals surface area (Å²) in [6.07, 6.45) is 1.85. The minimum absolute atomic E-state index is 0.00267. The number of fused-ring (bicyclic) bond motifs is 2. The fourth-order valence-electron chi connectivity index (χ4n) is 6.07. The number of halogens is 4. The third-order valence-electron chi connectivity index (χ3n) is 8.07. The summed E-state index contributed by atoms with van der Waals surface area (Å²) in [6, 6.07) is 3.42. The van der Waals surface area contributed by atoms with E-state index >= 15 is 0 Å². The molecule has 0 bridgehead atoms. The molecule has 1 aromatic rings. The highest BCUT2D eigenvalue weighted by Gasteiger charge is 2.42. The Morgan fingerprint density at radius 2 is 1.68 bits per heavy atom. The van der Waals surface area contributed by atoms with Crippen LogP contribution in [0.2, 0.25) is 0 Å². The average Bonchev–Trinajstić information content (AvgIpc) is 3.44. The number of carbonyl (C=O) groups is 2. The molecule has 3 aliphatic heterocycles. The van der Waals surface area contributed by atoms with Crippen molar-refractivity contribution >= 4 is 17.9 Å². The number of amides is 2. The van der Waals surface area contributed by atoms with E-state index in [1.807, 2.05) is 4.90 Å². The summed E-state index contributed by atoms with van der Waals surface area (Å²) in [4.78, 5) is 29.7. The molecule has 4 fully saturated rings. The second-order valence-corrected chi connectivity index (χ2v) is 10.4. The molecule has 3 N–H and O–H groups in total. The predicted octanol–water partition coefficient (Wildman–Crippen LogP) is 2.58. The Morgan fingerprint density at radius 3 is 2.35 bits per heavy atom. The number of benzene rings is 1. The SMILES string of the molecule is O=C(/C=C/c1ccc(OC(F)(F)F)cc1F)N1CC[C@@H]2CN(C(=O)C3CCC4NNNC4C3)C[C@@H]2CC1. The molecule has 8 nitrogen and oxygen atoms in total. The van der Waals surface area contributed by atoms with E-state index in [1.54, 1.807) is 4.90 Å². The molecule has 3 heterocycles. The van der Waals surface area contributed by atoms with Gasteiger partial charge in [-0.3, -0.25) is 9.59 Å². The maximum Gasteiger partial charge on any atom is 0.573 e. The molecular formula is C25H31F4N5O3. The van der Waals surface area contributed by atoms with Gasteiger partial charge in [0.05, 0.1) is 0 Å². The van der Waals surface area contributed by atoms with E-state index in [0.29, 0.717) is 50.1 Å². The van der Waals surface area contributed by atoms with Crippen molar-refractivity contribution in [2.24, 2.45) is 17.8 Å². The largest absolute Gasteiger partial charge is 0.573 e. The van der Waals surface area contributed by atoms with Crippen LogP contribution in [0.15, 0.2) is 24.3 Å². The van der Waals surface area contributed by atoms with Gasteiger partial charge in [-0.2, -0.15) is 5.53 Å². The number of likely N-dealkylation sites (tertiary alicyclic amines) is 2. The fraction of sp³-hybridized carbons (Fsp3) is 0.600. The average molecular weight is 526 g/mol. The van der Waals surface area contributed by atoms with Gasteiger partial charge in [0.1, 0.15) is 11.6 Å². The van der Waals surface area contributed by atoms with Crippen LogP contribution in [0.25, 0.3) is 6.08 Å². The van der Waals surface area contributed by atoms with Gasteiger partial charge in [0.25, 0.3) is 0 Å². The number of hydrogen-bond donors (Lipinski definition) is 3. The molecule has 1 saturated carbocycles. The first kappa shape index (κ1) is 25.9. The first-order chi connectivity index (χ1) is 17.7.